The van der Waals surface area contributed by atoms with Crippen LogP contribution in [-0.4, -0.2) is 37.2 Å². The van der Waals surface area contributed by atoms with Crippen LogP contribution in [0.3, 0.4) is 0 Å². The van der Waals surface area contributed by atoms with Crippen LogP contribution in [0, 0.1) is 0 Å². The van der Waals surface area contributed by atoms with E-state index in [4.69, 9.17) is 17.3 Å². The topological polar surface area (TPSA) is 114 Å². The van der Waals surface area contributed by atoms with Gasteiger partial charge in [0.05, 0.1) is 21.3 Å². The second-order valence-electron chi connectivity index (χ2n) is 6.51. The van der Waals surface area contributed by atoms with E-state index in [-0.39, 0.29) is 11.1 Å². The van der Waals surface area contributed by atoms with Gasteiger partial charge in [0.25, 0.3) is 0 Å². The summed E-state index contributed by atoms with van der Waals surface area (Å²) in [7, 11) is 0. The number of nitrogens with zero attached hydrogens (tertiary/aromatic N) is 5. The van der Waals surface area contributed by atoms with Crippen molar-refractivity contribution in [2.24, 2.45) is 0 Å². The van der Waals surface area contributed by atoms with Crippen molar-refractivity contribution in [3.05, 3.63) is 58.2 Å². The summed E-state index contributed by atoms with van der Waals surface area (Å²) in [5, 5.41) is 0.206. The summed E-state index contributed by atoms with van der Waals surface area (Å²) in [5.41, 5.74) is 10.9. The number of anilines is 2. The molecule has 0 radical (unpaired) electrons. The highest BCUT2D eigenvalue weighted by Crippen LogP contribution is 2.43. The number of nitrogen functional groups attached to an aromatic ring is 1. The first kappa shape index (κ1) is 17.8. The van der Waals surface area contributed by atoms with Crippen LogP contribution in [0.1, 0.15) is 17.0 Å². The molecule has 1 aromatic carbocycles. The van der Waals surface area contributed by atoms with Crippen molar-refractivity contribution in [1.29, 1.82) is 0 Å². The smallest absolute Gasteiger partial charge is 0.223 e. The first-order valence-electron chi connectivity index (χ1n) is 8.72. The molecule has 0 bridgehead atoms. The number of benzene rings is 1. The minimum absolute atomic E-state index is 0.0561. The van der Waals surface area contributed by atoms with E-state index in [1.165, 1.54) is 0 Å². The van der Waals surface area contributed by atoms with Gasteiger partial charge in [0.15, 0.2) is 0 Å². The summed E-state index contributed by atoms with van der Waals surface area (Å²) in [6, 6.07) is 5.43. The van der Waals surface area contributed by atoms with Crippen molar-refractivity contribution in [3.63, 3.8) is 0 Å². The highest BCUT2D eigenvalue weighted by Gasteiger charge is 2.38. The molecule has 10 heteroatoms. The zero-order valence-corrected chi connectivity index (χ0v) is 16.5. The Morgan fingerprint density at radius 2 is 2.21 bits per heavy atom. The zero-order valence-electron chi connectivity index (χ0n) is 14.9. The number of imidazole rings is 1. The molecule has 0 saturated carbocycles. The summed E-state index contributed by atoms with van der Waals surface area (Å²) in [4.78, 5) is 34.0. The molecule has 1 unspecified atom stereocenters. The molecule has 8 nitrogen and oxygen atoms in total. The van der Waals surface area contributed by atoms with Gasteiger partial charge in [-0.1, -0.05) is 17.7 Å². The standard InChI is InChI=1S/C19H14ClN7OS/c20-17-16-11(6-15-22-3-4-23-15)13(8-28)27(18(16)26-19(21)25-17)7-10-1-2-12-14(5-10)29-9-24-12/h1-6,8-9,13H,7H2,(H,22,23)(H2,21,25,26)/b11-6+. The Morgan fingerprint density at radius 3 is 3.00 bits per heavy atom. The van der Waals surface area contributed by atoms with Crippen LogP contribution in [0.15, 0.2) is 36.1 Å². The molecule has 4 heterocycles. The van der Waals surface area contributed by atoms with Gasteiger partial charge in [-0.2, -0.15) is 4.98 Å². The monoisotopic (exact) mass is 423 g/mol. The number of hydrogen-bond donors (Lipinski definition) is 2. The van der Waals surface area contributed by atoms with E-state index in [9.17, 15) is 4.79 Å². The largest absolute Gasteiger partial charge is 0.368 e. The average Bonchev–Trinajstić information content (AvgIpc) is 3.42. The molecule has 4 aromatic rings. The summed E-state index contributed by atoms with van der Waals surface area (Å²) < 4.78 is 1.08. The van der Waals surface area contributed by atoms with Crippen LogP contribution in [-0.2, 0) is 11.3 Å². The van der Waals surface area contributed by atoms with Gasteiger partial charge in [0.1, 0.15) is 29.1 Å². The average molecular weight is 424 g/mol. The molecule has 3 aromatic heterocycles. The lowest BCUT2D eigenvalue weighted by molar-refractivity contribution is -0.107. The molecule has 1 aliphatic heterocycles. The Labute approximate surface area is 174 Å². The van der Waals surface area contributed by atoms with Gasteiger partial charge in [-0.15, -0.1) is 11.3 Å². The van der Waals surface area contributed by atoms with Crippen LogP contribution in [0.5, 0.6) is 0 Å². The fraction of sp³-hybridized carbons (Fsp3) is 0.105. The number of halogens is 1. The Hall–Kier alpha value is -3.30. The fourth-order valence-corrected chi connectivity index (χ4v) is 4.54. The van der Waals surface area contributed by atoms with Crippen molar-refractivity contribution in [2.45, 2.75) is 12.6 Å². The van der Waals surface area contributed by atoms with Gasteiger partial charge >= 0.3 is 0 Å². The number of carbonyl (C=O) groups is 1. The SMILES string of the molecule is Nc1nc(Cl)c2c(n1)N(Cc1ccc3ncsc3c1)C(C=O)/C2=C\c1ncc[nH]1. The quantitative estimate of drug-likeness (QED) is 0.382. The molecule has 0 saturated heterocycles. The fourth-order valence-electron chi connectivity index (χ4n) is 3.52. The summed E-state index contributed by atoms with van der Waals surface area (Å²) in [5.74, 6) is 1.20. The summed E-state index contributed by atoms with van der Waals surface area (Å²) in [6.45, 7) is 0.451. The van der Waals surface area contributed by atoms with Gasteiger partial charge in [-0.3, -0.25) is 0 Å². The lowest BCUT2D eigenvalue weighted by Gasteiger charge is -2.23. The molecule has 3 N–H and O–H groups in total. The minimum Gasteiger partial charge on any atom is -0.368 e. The highest BCUT2D eigenvalue weighted by atomic mass is 35.5. The molecule has 0 spiro atoms. The van der Waals surface area contributed by atoms with Gasteiger partial charge < -0.3 is 20.4 Å². The molecule has 0 aliphatic carbocycles. The number of thiazole rings is 1. The first-order valence-corrected chi connectivity index (χ1v) is 9.98. The van der Waals surface area contributed by atoms with Gasteiger partial charge in [-0.25, -0.2) is 15.0 Å². The maximum atomic E-state index is 12.1. The third-order valence-electron chi connectivity index (χ3n) is 4.77. The predicted molar refractivity (Wildman–Crippen MR) is 114 cm³/mol. The van der Waals surface area contributed by atoms with Crippen LogP contribution in [0.2, 0.25) is 5.15 Å². The molecular weight excluding hydrogens is 410 g/mol. The van der Waals surface area contributed by atoms with E-state index in [1.54, 1.807) is 29.8 Å². The molecule has 5 rings (SSSR count). The van der Waals surface area contributed by atoms with Crippen molar-refractivity contribution >= 4 is 62.9 Å². The summed E-state index contributed by atoms with van der Waals surface area (Å²) in [6.07, 6.45) is 6.01. The van der Waals surface area contributed by atoms with Crippen LogP contribution in [0.25, 0.3) is 21.9 Å². The summed E-state index contributed by atoms with van der Waals surface area (Å²) >= 11 is 7.98. The van der Waals surface area contributed by atoms with Gasteiger partial charge in [0.2, 0.25) is 5.95 Å². The third kappa shape index (κ3) is 3.04. The van der Waals surface area contributed by atoms with Crippen molar-refractivity contribution in [3.8, 4) is 0 Å². The number of aldehydes is 1. The van der Waals surface area contributed by atoms with E-state index < -0.39 is 6.04 Å². The Bertz CT molecular complexity index is 1250. The van der Waals surface area contributed by atoms with Crippen molar-refractivity contribution in [1.82, 2.24) is 24.9 Å². The molecule has 1 aliphatic rings. The van der Waals surface area contributed by atoms with Crippen molar-refractivity contribution in [2.75, 3.05) is 10.6 Å². The van der Waals surface area contributed by atoms with E-state index in [2.05, 4.69) is 31.0 Å². The second-order valence-corrected chi connectivity index (χ2v) is 7.75. The number of carbonyl (C=O) groups excluding carboxylic acids is 1. The maximum Gasteiger partial charge on any atom is 0.223 e. The molecule has 0 amide bonds. The number of nitrogens with two attached hydrogens (primary N) is 1. The number of fused-ring (bicyclic) bond motifs is 2. The third-order valence-corrected chi connectivity index (χ3v) is 5.83. The molecule has 1 atom stereocenters. The van der Waals surface area contributed by atoms with Gasteiger partial charge in [-0.05, 0) is 29.3 Å². The number of aromatic nitrogens is 5. The Morgan fingerprint density at radius 1 is 1.31 bits per heavy atom. The first-order chi connectivity index (χ1) is 14.1. The van der Waals surface area contributed by atoms with Crippen LogP contribution >= 0.6 is 22.9 Å². The molecule has 29 heavy (non-hydrogen) atoms. The van der Waals surface area contributed by atoms with Crippen LogP contribution < -0.4 is 10.6 Å². The normalized spacial score (nSPS) is 17.2. The number of aromatic amines is 1. The van der Waals surface area contributed by atoms with Crippen molar-refractivity contribution < 1.29 is 4.79 Å². The van der Waals surface area contributed by atoms with Crippen LogP contribution in [0.4, 0.5) is 11.8 Å². The number of hydrogen-bond acceptors (Lipinski definition) is 8. The van der Waals surface area contributed by atoms with Gasteiger partial charge in [0, 0.05) is 18.9 Å². The predicted octanol–water partition coefficient (Wildman–Crippen LogP) is 3.17. The minimum atomic E-state index is -0.596. The van der Waals surface area contributed by atoms with E-state index in [0.29, 0.717) is 29.3 Å². The molecule has 144 valence electrons. The van der Waals surface area contributed by atoms with E-state index >= 15 is 0 Å². The lowest BCUT2D eigenvalue weighted by atomic mass is 10.0. The molecule has 0 fully saturated rings. The lowest BCUT2D eigenvalue weighted by Crippen LogP contribution is -2.32. The van der Waals surface area contributed by atoms with E-state index in [1.807, 2.05) is 22.5 Å². The maximum absolute atomic E-state index is 12.1. The number of rotatable bonds is 4. The number of nitrogens with one attached hydrogen (secondary N) is 1. The zero-order chi connectivity index (χ0) is 20.0. The second kappa shape index (κ2) is 6.94. The molecular formula is C19H14ClN7OS. The Balaban J connectivity index is 1.63. The Kier molecular flexibility index (Phi) is 4.26. The van der Waals surface area contributed by atoms with E-state index in [0.717, 1.165) is 22.1 Å². The highest BCUT2D eigenvalue weighted by molar-refractivity contribution is 7.16. The number of H-pyrrole nitrogens is 1.